The molecule has 0 amide bonds. The molecule has 1 radical (unpaired) electrons. The smallest absolute Gasteiger partial charge is 0.280 e. The quantitative estimate of drug-likeness (QED) is 0.646. The maximum atomic E-state index is 3.20. The van der Waals surface area contributed by atoms with E-state index in [2.05, 4.69) is 50.0 Å². The molecule has 0 unspecified atom stereocenters. The topological polar surface area (TPSA) is 0 Å². The Bertz CT molecular complexity index is 297. The molecule has 63 valence electrons. The summed E-state index contributed by atoms with van der Waals surface area (Å²) < 4.78 is 0. The fraction of sp³-hybridized carbons (Fsp3) is 0. The highest BCUT2D eigenvalue weighted by molar-refractivity contribution is 9.47. The van der Waals surface area contributed by atoms with Crippen LogP contribution in [0.2, 0.25) is 0 Å². The second-order valence-corrected chi connectivity index (χ2v) is 10.5. The SMILES string of the molecule is [Br][Mg][Br].[c]1ccc2ccccc2c1. The summed E-state index contributed by atoms with van der Waals surface area (Å²) in [6, 6.07) is 17.3. The monoisotopic (exact) mass is 309 g/mol. The van der Waals surface area contributed by atoms with Crippen molar-refractivity contribution in [1.82, 2.24) is 0 Å². The Morgan fingerprint density at radius 2 is 1.62 bits per heavy atom. The molecule has 0 bridgehead atoms. The maximum Gasteiger partial charge on any atom is 0.560 e. The lowest BCUT2D eigenvalue weighted by Crippen LogP contribution is -1.67. The average molecular weight is 311 g/mol. The van der Waals surface area contributed by atoms with E-state index in [1.54, 1.807) is 0 Å². The van der Waals surface area contributed by atoms with Crippen molar-refractivity contribution in [3.05, 3.63) is 48.5 Å². The number of benzene rings is 2. The van der Waals surface area contributed by atoms with Crippen LogP contribution in [0, 0.1) is 6.07 Å². The standard InChI is InChI=1S/C10H7.2BrH.Mg/c1-2-6-10-8-4-3-7-9(10)5-1;;;/h1-3,5-8H;2*1H;/q;;;+2/p-2. The zero-order chi connectivity index (χ0) is 9.52. The van der Waals surface area contributed by atoms with Gasteiger partial charge in [0.05, 0.1) is 0 Å². The molecular formula is C10H7Br2Mg. The fourth-order valence-corrected chi connectivity index (χ4v) is 1.07. The lowest BCUT2D eigenvalue weighted by Gasteiger charge is -1.92. The Balaban J connectivity index is 0.000000251. The molecule has 2 aromatic rings. The van der Waals surface area contributed by atoms with Crippen molar-refractivity contribution < 1.29 is 0 Å². The van der Waals surface area contributed by atoms with Gasteiger partial charge < -0.3 is 0 Å². The summed E-state index contributed by atoms with van der Waals surface area (Å²) in [6.45, 7) is 0. The molecule has 0 aliphatic rings. The van der Waals surface area contributed by atoms with Crippen molar-refractivity contribution in [3.8, 4) is 0 Å². The number of fused-ring (bicyclic) bond motifs is 1. The van der Waals surface area contributed by atoms with Crippen LogP contribution in [0.25, 0.3) is 10.8 Å². The van der Waals surface area contributed by atoms with E-state index in [0.717, 1.165) is 0 Å². The molecule has 0 N–H and O–H groups in total. The summed E-state index contributed by atoms with van der Waals surface area (Å²) in [5.41, 5.74) is 0. The Morgan fingerprint density at radius 1 is 1.00 bits per heavy atom. The Hall–Kier alpha value is 0.426. The number of hydrogen-bond donors (Lipinski definition) is 0. The van der Waals surface area contributed by atoms with Crippen molar-refractivity contribution in [1.29, 1.82) is 0 Å². The fourth-order valence-electron chi connectivity index (χ4n) is 1.07. The first-order chi connectivity index (χ1) is 6.38. The van der Waals surface area contributed by atoms with Crippen molar-refractivity contribution in [2.75, 3.05) is 0 Å². The summed E-state index contributed by atoms with van der Waals surface area (Å²) in [5, 5.41) is 2.53. The minimum Gasteiger partial charge on any atom is -0.280 e. The van der Waals surface area contributed by atoms with Gasteiger partial charge in [-0.15, -0.1) is 0 Å². The van der Waals surface area contributed by atoms with Gasteiger partial charge in [0.1, 0.15) is 0 Å². The zero-order valence-electron chi connectivity index (χ0n) is 7.00. The van der Waals surface area contributed by atoms with Gasteiger partial charge in [0.15, 0.2) is 0 Å². The van der Waals surface area contributed by atoms with Gasteiger partial charge in [0.2, 0.25) is 0 Å². The minimum atomic E-state index is 0.0417. The summed E-state index contributed by atoms with van der Waals surface area (Å²) in [6.07, 6.45) is 0. The number of rotatable bonds is 0. The molecule has 0 saturated carbocycles. The van der Waals surface area contributed by atoms with Gasteiger partial charge in [-0.1, -0.05) is 36.4 Å². The van der Waals surface area contributed by atoms with E-state index in [1.807, 2.05) is 24.3 Å². The van der Waals surface area contributed by atoms with Crippen LogP contribution in [0.4, 0.5) is 0 Å². The van der Waals surface area contributed by atoms with Gasteiger partial charge in [0, 0.05) is 0 Å². The molecule has 0 atom stereocenters. The molecule has 0 fully saturated rings. The van der Waals surface area contributed by atoms with Crippen LogP contribution >= 0.6 is 25.8 Å². The van der Waals surface area contributed by atoms with Gasteiger partial charge in [-0.25, -0.2) is 0 Å². The zero-order valence-corrected chi connectivity index (χ0v) is 11.6. The molecule has 0 heterocycles. The van der Waals surface area contributed by atoms with E-state index in [0.29, 0.717) is 0 Å². The second-order valence-electron chi connectivity index (χ2n) is 2.37. The highest BCUT2D eigenvalue weighted by Gasteiger charge is 1.85. The van der Waals surface area contributed by atoms with Crippen LogP contribution in [0.1, 0.15) is 0 Å². The van der Waals surface area contributed by atoms with Crippen LogP contribution in [0.5, 0.6) is 0 Å². The van der Waals surface area contributed by atoms with Gasteiger partial charge in [-0.05, 0) is 22.9 Å². The van der Waals surface area contributed by atoms with E-state index in [-0.39, 0.29) is 16.0 Å². The van der Waals surface area contributed by atoms with Gasteiger partial charge in [-0.3, -0.25) is 25.8 Å². The third kappa shape index (κ3) is 3.98. The predicted molar refractivity (Wildman–Crippen MR) is 66.4 cm³/mol. The van der Waals surface area contributed by atoms with Crippen LogP contribution in [0.15, 0.2) is 42.5 Å². The van der Waals surface area contributed by atoms with E-state index in [4.69, 9.17) is 0 Å². The third-order valence-corrected chi connectivity index (χ3v) is 1.59. The minimum absolute atomic E-state index is 0.0417. The molecule has 0 aliphatic carbocycles. The molecular weight excluding hydrogens is 304 g/mol. The van der Waals surface area contributed by atoms with E-state index in [1.165, 1.54) is 10.8 Å². The van der Waals surface area contributed by atoms with Crippen molar-refractivity contribution >= 4 is 52.6 Å². The second kappa shape index (κ2) is 6.82. The van der Waals surface area contributed by atoms with Crippen LogP contribution in [0.3, 0.4) is 0 Å². The molecule has 3 heteroatoms. The highest BCUT2D eigenvalue weighted by Crippen LogP contribution is 2.10. The first-order valence-corrected chi connectivity index (χ1v) is 11.6. The first kappa shape index (κ1) is 11.5. The molecule has 0 spiro atoms. The largest absolute Gasteiger partial charge is 0.560 e. The molecule has 13 heavy (non-hydrogen) atoms. The predicted octanol–water partition coefficient (Wildman–Crippen LogP) is 3.95. The van der Waals surface area contributed by atoms with Crippen LogP contribution in [-0.2, 0) is 0 Å². The summed E-state index contributed by atoms with van der Waals surface area (Å²) in [7, 11) is 0. The van der Waals surface area contributed by atoms with Gasteiger partial charge >= 0.3 is 16.0 Å². The summed E-state index contributed by atoms with van der Waals surface area (Å²) in [4.78, 5) is 0. The van der Waals surface area contributed by atoms with E-state index >= 15 is 0 Å². The average Bonchev–Trinajstić information content (AvgIpc) is 2.19. The van der Waals surface area contributed by atoms with Crippen molar-refractivity contribution in [2.45, 2.75) is 0 Å². The molecule has 0 saturated heterocycles. The first-order valence-electron chi connectivity index (χ1n) is 3.85. The Labute approximate surface area is 100 Å². The normalized spacial score (nSPS) is 8.46. The lowest BCUT2D eigenvalue weighted by atomic mass is 10.1. The molecule has 2 rings (SSSR count). The number of hydrogen-bond acceptors (Lipinski definition) is 0. The van der Waals surface area contributed by atoms with Crippen molar-refractivity contribution in [2.24, 2.45) is 0 Å². The van der Waals surface area contributed by atoms with E-state index in [9.17, 15) is 0 Å². The molecule has 2 aromatic carbocycles. The van der Waals surface area contributed by atoms with Gasteiger partial charge in [-0.2, -0.15) is 0 Å². The van der Waals surface area contributed by atoms with Crippen LogP contribution in [-0.4, -0.2) is 16.0 Å². The number of halogens is 2. The molecule has 0 nitrogen and oxygen atoms in total. The lowest BCUT2D eigenvalue weighted by molar-refractivity contribution is 1.74. The van der Waals surface area contributed by atoms with E-state index < -0.39 is 0 Å². The van der Waals surface area contributed by atoms with Gasteiger partial charge in [0.25, 0.3) is 0 Å². The Morgan fingerprint density at radius 3 is 2.23 bits per heavy atom. The Kier molecular flexibility index (Phi) is 6.03. The highest BCUT2D eigenvalue weighted by atomic mass is 79.9. The summed E-state index contributed by atoms with van der Waals surface area (Å²) in [5.74, 6) is 0. The summed E-state index contributed by atoms with van der Waals surface area (Å²) >= 11 is 6.44. The molecule has 0 aromatic heterocycles. The van der Waals surface area contributed by atoms with Crippen LogP contribution < -0.4 is 0 Å². The molecule has 0 aliphatic heterocycles. The van der Waals surface area contributed by atoms with Crippen molar-refractivity contribution in [3.63, 3.8) is 0 Å². The third-order valence-electron chi connectivity index (χ3n) is 1.59. The maximum absolute atomic E-state index is 3.20.